The summed E-state index contributed by atoms with van der Waals surface area (Å²) in [5.74, 6) is 0.979. The average Bonchev–Trinajstić information content (AvgIpc) is 2.31. The first kappa shape index (κ1) is 14.0. The average molecular weight is 236 g/mol. The summed E-state index contributed by atoms with van der Waals surface area (Å²) >= 11 is 0. The first-order valence-corrected chi connectivity index (χ1v) is 6.11. The van der Waals surface area contributed by atoms with Crippen molar-refractivity contribution in [3.8, 4) is 5.75 Å². The number of methoxy groups -OCH3 is 1. The minimum atomic E-state index is 0.744. The molecular weight excluding hydrogens is 212 g/mol. The van der Waals surface area contributed by atoms with Gasteiger partial charge in [-0.25, -0.2) is 0 Å². The van der Waals surface area contributed by atoms with Gasteiger partial charge in [0.2, 0.25) is 0 Å². The van der Waals surface area contributed by atoms with E-state index in [1.54, 1.807) is 7.11 Å². The summed E-state index contributed by atoms with van der Waals surface area (Å²) in [5, 5.41) is 0. The minimum Gasteiger partial charge on any atom is -0.496 e. The molecule has 96 valence electrons. The first-order valence-electron chi connectivity index (χ1n) is 6.11. The van der Waals surface area contributed by atoms with Crippen LogP contribution >= 0.6 is 0 Å². The molecule has 0 atom stereocenters. The molecule has 3 heteroatoms. The van der Waals surface area contributed by atoms with Gasteiger partial charge in [-0.1, -0.05) is 6.07 Å². The van der Waals surface area contributed by atoms with E-state index >= 15 is 0 Å². The molecule has 0 amide bonds. The second-order valence-corrected chi connectivity index (χ2v) is 4.63. The van der Waals surface area contributed by atoms with E-state index in [1.165, 1.54) is 16.7 Å². The fourth-order valence-electron chi connectivity index (χ4n) is 1.89. The van der Waals surface area contributed by atoms with Gasteiger partial charge in [0.1, 0.15) is 5.75 Å². The van der Waals surface area contributed by atoms with Crippen LogP contribution in [0.3, 0.4) is 0 Å². The molecule has 1 aromatic rings. The summed E-state index contributed by atoms with van der Waals surface area (Å²) < 4.78 is 5.44. The Hall–Kier alpha value is -1.06. The molecule has 2 N–H and O–H groups in total. The number of ether oxygens (including phenoxy) is 1. The van der Waals surface area contributed by atoms with Crippen LogP contribution in [0, 0.1) is 13.8 Å². The quantitative estimate of drug-likeness (QED) is 0.822. The Morgan fingerprint density at radius 3 is 2.47 bits per heavy atom. The minimum absolute atomic E-state index is 0.744. The van der Waals surface area contributed by atoms with Crippen molar-refractivity contribution in [3.05, 3.63) is 28.8 Å². The summed E-state index contributed by atoms with van der Waals surface area (Å²) in [7, 11) is 3.85. The molecule has 0 fully saturated rings. The van der Waals surface area contributed by atoms with E-state index in [0.29, 0.717) is 0 Å². The van der Waals surface area contributed by atoms with Gasteiger partial charge in [-0.3, -0.25) is 0 Å². The highest BCUT2D eigenvalue weighted by Crippen LogP contribution is 2.24. The summed E-state index contributed by atoms with van der Waals surface area (Å²) in [6.45, 7) is 6.92. The van der Waals surface area contributed by atoms with Crippen molar-refractivity contribution in [1.29, 1.82) is 0 Å². The lowest BCUT2D eigenvalue weighted by Crippen LogP contribution is -2.21. The zero-order chi connectivity index (χ0) is 12.8. The molecule has 0 saturated carbocycles. The van der Waals surface area contributed by atoms with Crippen molar-refractivity contribution >= 4 is 0 Å². The zero-order valence-electron chi connectivity index (χ0n) is 11.4. The van der Waals surface area contributed by atoms with E-state index < -0.39 is 0 Å². The van der Waals surface area contributed by atoms with Gasteiger partial charge in [0.05, 0.1) is 7.11 Å². The standard InChI is InChI=1S/C14H24N2O/c1-11-8-13(10-16(3)7-5-6-15)14(17-4)9-12(11)2/h8-9H,5-7,10,15H2,1-4H3. The molecule has 0 unspecified atom stereocenters. The van der Waals surface area contributed by atoms with Crippen molar-refractivity contribution in [3.63, 3.8) is 0 Å². The molecule has 0 spiro atoms. The number of nitrogens with zero attached hydrogens (tertiary/aromatic N) is 1. The van der Waals surface area contributed by atoms with Gasteiger partial charge in [0, 0.05) is 12.1 Å². The topological polar surface area (TPSA) is 38.5 Å². The molecule has 1 aromatic carbocycles. The van der Waals surface area contributed by atoms with Gasteiger partial charge >= 0.3 is 0 Å². The lowest BCUT2D eigenvalue weighted by Gasteiger charge is -2.19. The molecule has 3 nitrogen and oxygen atoms in total. The molecule has 17 heavy (non-hydrogen) atoms. The van der Waals surface area contributed by atoms with Crippen LogP contribution in [0.4, 0.5) is 0 Å². The van der Waals surface area contributed by atoms with E-state index in [4.69, 9.17) is 10.5 Å². The van der Waals surface area contributed by atoms with E-state index in [-0.39, 0.29) is 0 Å². The molecule has 0 aliphatic heterocycles. The van der Waals surface area contributed by atoms with Crippen LogP contribution < -0.4 is 10.5 Å². The smallest absolute Gasteiger partial charge is 0.123 e. The lowest BCUT2D eigenvalue weighted by molar-refractivity contribution is 0.315. The Bertz CT molecular complexity index is 363. The highest BCUT2D eigenvalue weighted by atomic mass is 16.5. The molecule has 0 bridgehead atoms. The molecule has 0 aliphatic carbocycles. The van der Waals surface area contributed by atoms with Crippen molar-refractivity contribution in [2.24, 2.45) is 5.73 Å². The first-order chi connectivity index (χ1) is 8.08. The van der Waals surface area contributed by atoms with Gasteiger partial charge in [-0.15, -0.1) is 0 Å². The molecule has 1 rings (SSSR count). The fourth-order valence-corrected chi connectivity index (χ4v) is 1.89. The van der Waals surface area contributed by atoms with Crippen molar-refractivity contribution in [2.75, 3.05) is 27.2 Å². The Morgan fingerprint density at radius 1 is 1.24 bits per heavy atom. The highest BCUT2D eigenvalue weighted by Gasteiger charge is 2.08. The number of nitrogens with two attached hydrogens (primary N) is 1. The molecule has 0 aromatic heterocycles. The van der Waals surface area contributed by atoms with E-state index in [0.717, 1.165) is 31.8 Å². The Morgan fingerprint density at radius 2 is 1.88 bits per heavy atom. The zero-order valence-corrected chi connectivity index (χ0v) is 11.4. The molecular formula is C14H24N2O. The molecule has 0 heterocycles. The van der Waals surface area contributed by atoms with Crippen molar-refractivity contribution in [1.82, 2.24) is 4.90 Å². The lowest BCUT2D eigenvalue weighted by atomic mass is 10.0. The van der Waals surface area contributed by atoms with Crippen LogP contribution in [-0.4, -0.2) is 32.1 Å². The maximum Gasteiger partial charge on any atom is 0.123 e. The maximum atomic E-state index is 5.52. The predicted octanol–water partition coefficient (Wildman–Crippen LogP) is 2.09. The maximum absolute atomic E-state index is 5.52. The highest BCUT2D eigenvalue weighted by molar-refractivity contribution is 5.41. The van der Waals surface area contributed by atoms with Gasteiger partial charge in [0.15, 0.2) is 0 Å². The van der Waals surface area contributed by atoms with Crippen LogP contribution in [0.15, 0.2) is 12.1 Å². The number of aryl methyl sites for hydroxylation is 2. The second kappa shape index (κ2) is 6.62. The normalized spacial score (nSPS) is 10.9. The van der Waals surface area contributed by atoms with E-state index in [9.17, 15) is 0 Å². The van der Waals surface area contributed by atoms with Crippen LogP contribution in [0.1, 0.15) is 23.1 Å². The Balaban J connectivity index is 2.78. The SMILES string of the molecule is COc1cc(C)c(C)cc1CN(C)CCCN. The summed E-state index contributed by atoms with van der Waals surface area (Å²) in [6.07, 6.45) is 1.03. The number of hydrogen-bond acceptors (Lipinski definition) is 3. The van der Waals surface area contributed by atoms with Gasteiger partial charge < -0.3 is 15.4 Å². The van der Waals surface area contributed by atoms with Gasteiger partial charge in [-0.2, -0.15) is 0 Å². The third-order valence-electron chi connectivity index (χ3n) is 3.08. The van der Waals surface area contributed by atoms with Crippen LogP contribution in [0.5, 0.6) is 5.75 Å². The predicted molar refractivity (Wildman–Crippen MR) is 72.5 cm³/mol. The van der Waals surface area contributed by atoms with Crippen molar-refractivity contribution in [2.45, 2.75) is 26.8 Å². The summed E-state index contributed by atoms with van der Waals surface area (Å²) in [6, 6.07) is 4.33. The van der Waals surface area contributed by atoms with E-state index in [1.807, 2.05) is 0 Å². The van der Waals surface area contributed by atoms with Crippen LogP contribution in [0.2, 0.25) is 0 Å². The summed E-state index contributed by atoms with van der Waals surface area (Å²) in [5.41, 5.74) is 9.35. The monoisotopic (exact) mass is 236 g/mol. The Kier molecular flexibility index (Phi) is 5.45. The fraction of sp³-hybridized carbons (Fsp3) is 0.571. The number of hydrogen-bond donors (Lipinski definition) is 1. The number of benzene rings is 1. The van der Waals surface area contributed by atoms with Crippen LogP contribution in [0.25, 0.3) is 0 Å². The summed E-state index contributed by atoms with van der Waals surface area (Å²) in [4.78, 5) is 2.28. The molecule has 0 aliphatic rings. The third kappa shape index (κ3) is 4.02. The largest absolute Gasteiger partial charge is 0.496 e. The van der Waals surface area contributed by atoms with E-state index in [2.05, 4.69) is 37.9 Å². The Labute approximate surface area is 105 Å². The van der Waals surface area contributed by atoms with Gasteiger partial charge in [-0.05, 0) is 57.6 Å². The van der Waals surface area contributed by atoms with Crippen LogP contribution in [-0.2, 0) is 6.54 Å². The van der Waals surface area contributed by atoms with Gasteiger partial charge in [0.25, 0.3) is 0 Å². The molecule has 0 radical (unpaired) electrons. The third-order valence-corrected chi connectivity index (χ3v) is 3.08. The van der Waals surface area contributed by atoms with Crippen molar-refractivity contribution < 1.29 is 4.74 Å². The second-order valence-electron chi connectivity index (χ2n) is 4.63. The molecule has 0 saturated heterocycles. The number of rotatable bonds is 6.